The van der Waals surface area contributed by atoms with Crippen molar-refractivity contribution in [2.45, 2.75) is 13.0 Å². The molecule has 0 radical (unpaired) electrons. The average Bonchev–Trinajstić information content (AvgIpc) is 3.12. The van der Waals surface area contributed by atoms with E-state index in [1.165, 1.54) is 17.5 Å². The highest BCUT2D eigenvalue weighted by Gasteiger charge is 2.15. The van der Waals surface area contributed by atoms with Crippen LogP contribution in [0.4, 0.5) is 5.13 Å². The minimum absolute atomic E-state index is 0.146. The fourth-order valence-electron chi connectivity index (χ4n) is 1.86. The molecule has 7 nitrogen and oxygen atoms in total. The Morgan fingerprint density at radius 1 is 1.43 bits per heavy atom. The number of thiazole rings is 1. The zero-order valence-electron chi connectivity index (χ0n) is 11.6. The zero-order valence-corrected chi connectivity index (χ0v) is 12.4. The molecule has 0 saturated heterocycles. The highest BCUT2D eigenvalue weighted by atomic mass is 32.1. The number of fused-ring (bicyclic) bond motifs is 1. The lowest BCUT2D eigenvalue weighted by molar-refractivity contribution is 0.102. The molecule has 0 spiro atoms. The molecule has 0 aliphatic heterocycles. The van der Waals surface area contributed by atoms with Crippen molar-refractivity contribution in [1.29, 1.82) is 0 Å². The van der Waals surface area contributed by atoms with E-state index in [4.69, 9.17) is 0 Å². The number of nitrogens with one attached hydrogen (secondary N) is 2. The number of nitrogens with zero attached hydrogens (tertiary/aromatic N) is 4. The van der Waals surface area contributed by atoms with Gasteiger partial charge < -0.3 is 5.32 Å². The van der Waals surface area contributed by atoms with Crippen molar-refractivity contribution in [2.75, 3.05) is 12.4 Å². The van der Waals surface area contributed by atoms with Crippen molar-refractivity contribution in [1.82, 2.24) is 24.9 Å². The zero-order chi connectivity index (χ0) is 14.8. The normalized spacial score (nSPS) is 12.5. The number of carbonyl (C=O) groups excluding carboxylic acids is 1. The maximum atomic E-state index is 12.3. The summed E-state index contributed by atoms with van der Waals surface area (Å²) in [7, 11) is 1.87. The molecule has 0 aliphatic carbocycles. The topological polar surface area (TPSA) is 84.2 Å². The lowest BCUT2D eigenvalue weighted by Crippen LogP contribution is -2.14. The first-order chi connectivity index (χ1) is 10.2. The third kappa shape index (κ3) is 2.63. The highest BCUT2D eigenvalue weighted by Crippen LogP contribution is 2.21. The minimum atomic E-state index is -0.240. The van der Waals surface area contributed by atoms with E-state index in [1.807, 2.05) is 19.4 Å². The van der Waals surface area contributed by atoms with Crippen molar-refractivity contribution in [3.05, 3.63) is 41.4 Å². The van der Waals surface area contributed by atoms with E-state index in [1.54, 1.807) is 23.1 Å². The smallest absolute Gasteiger partial charge is 0.261 e. The molecule has 21 heavy (non-hydrogen) atoms. The molecule has 3 aromatic rings. The van der Waals surface area contributed by atoms with Crippen LogP contribution < -0.4 is 10.6 Å². The van der Waals surface area contributed by atoms with Crippen LogP contribution in [0, 0.1) is 0 Å². The van der Waals surface area contributed by atoms with Crippen molar-refractivity contribution < 1.29 is 4.79 Å². The fourth-order valence-corrected chi connectivity index (χ4v) is 2.66. The SMILES string of the molecule is CNC(C)c1csc(NC(=O)c2cnn3ccncc23)n1. The van der Waals surface area contributed by atoms with Crippen molar-refractivity contribution in [3.63, 3.8) is 0 Å². The van der Waals surface area contributed by atoms with Crippen LogP contribution in [0.2, 0.25) is 0 Å². The molecule has 1 unspecified atom stereocenters. The fraction of sp³-hybridized carbons (Fsp3) is 0.231. The Morgan fingerprint density at radius 2 is 2.29 bits per heavy atom. The van der Waals surface area contributed by atoms with Crippen LogP contribution in [0.3, 0.4) is 0 Å². The molecule has 8 heteroatoms. The number of anilines is 1. The van der Waals surface area contributed by atoms with Gasteiger partial charge in [-0.15, -0.1) is 11.3 Å². The lowest BCUT2D eigenvalue weighted by Gasteiger charge is -2.05. The van der Waals surface area contributed by atoms with Gasteiger partial charge in [0.25, 0.3) is 5.91 Å². The van der Waals surface area contributed by atoms with E-state index in [2.05, 4.69) is 25.7 Å². The van der Waals surface area contributed by atoms with Gasteiger partial charge in [0.2, 0.25) is 0 Å². The Morgan fingerprint density at radius 3 is 3.10 bits per heavy atom. The summed E-state index contributed by atoms with van der Waals surface area (Å²) in [5, 5.41) is 12.5. The molecule has 0 aliphatic rings. The third-order valence-electron chi connectivity index (χ3n) is 3.19. The van der Waals surface area contributed by atoms with E-state index in [0.717, 1.165) is 5.69 Å². The number of amides is 1. The Kier molecular flexibility index (Phi) is 3.63. The van der Waals surface area contributed by atoms with Crippen molar-refractivity contribution in [2.24, 2.45) is 0 Å². The molecule has 3 rings (SSSR count). The Bertz CT molecular complexity index is 780. The number of aromatic nitrogens is 4. The van der Waals surface area contributed by atoms with Crippen molar-refractivity contribution >= 4 is 27.9 Å². The molecule has 0 fully saturated rings. The van der Waals surface area contributed by atoms with Crippen LogP contribution in [-0.2, 0) is 0 Å². The van der Waals surface area contributed by atoms with Crippen LogP contribution in [0.25, 0.3) is 5.52 Å². The van der Waals surface area contributed by atoms with E-state index < -0.39 is 0 Å². The second-order valence-electron chi connectivity index (χ2n) is 4.51. The third-order valence-corrected chi connectivity index (χ3v) is 3.96. The monoisotopic (exact) mass is 302 g/mol. The van der Waals surface area contributed by atoms with E-state index >= 15 is 0 Å². The summed E-state index contributed by atoms with van der Waals surface area (Å²) in [6, 6.07) is 0.146. The first-order valence-corrected chi connectivity index (χ1v) is 7.28. The molecule has 0 bridgehead atoms. The molecule has 1 amide bonds. The molecular formula is C13H14N6OS. The predicted molar refractivity (Wildman–Crippen MR) is 80.5 cm³/mol. The van der Waals surface area contributed by atoms with Crippen LogP contribution in [0.15, 0.2) is 30.2 Å². The summed E-state index contributed by atoms with van der Waals surface area (Å²) in [5.74, 6) is -0.240. The standard InChI is InChI=1S/C13H14N6OS/c1-8(14-2)10-7-21-13(17-10)18-12(20)9-5-16-19-4-3-15-6-11(9)19/h3-8,14H,1-2H3,(H,17,18,20). The minimum Gasteiger partial charge on any atom is -0.312 e. The summed E-state index contributed by atoms with van der Waals surface area (Å²) >= 11 is 1.40. The number of rotatable bonds is 4. The number of hydrogen-bond acceptors (Lipinski definition) is 6. The second-order valence-corrected chi connectivity index (χ2v) is 5.36. The Hall–Kier alpha value is -2.32. The van der Waals surface area contributed by atoms with Crippen LogP contribution >= 0.6 is 11.3 Å². The maximum absolute atomic E-state index is 12.3. The summed E-state index contributed by atoms with van der Waals surface area (Å²) in [5.41, 5.74) is 2.04. The Balaban J connectivity index is 1.81. The molecule has 0 aromatic carbocycles. The van der Waals surface area contributed by atoms with Gasteiger partial charge in [0.1, 0.15) is 0 Å². The summed E-state index contributed by atoms with van der Waals surface area (Å²) in [4.78, 5) is 20.7. The molecular weight excluding hydrogens is 288 g/mol. The van der Waals surface area contributed by atoms with Crippen molar-refractivity contribution in [3.8, 4) is 0 Å². The average molecular weight is 302 g/mol. The molecule has 2 N–H and O–H groups in total. The Labute approximate surface area is 125 Å². The maximum Gasteiger partial charge on any atom is 0.261 e. The van der Waals surface area contributed by atoms with Gasteiger partial charge in [0.15, 0.2) is 5.13 Å². The largest absolute Gasteiger partial charge is 0.312 e. The van der Waals surface area contributed by atoms with Crippen LogP contribution in [-0.4, -0.2) is 32.5 Å². The van der Waals surface area contributed by atoms with Crippen LogP contribution in [0.5, 0.6) is 0 Å². The van der Waals surface area contributed by atoms with Gasteiger partial charge in [-0.1, -0.05) is 0 Å². The number of carbonyl (C=O) groups is 1. The summed E-state index contributed by atoms with van der Waals surface area (Å²) in [6.45, 7) is 2.01. The molecule has 0 saturated carbocycles. The van der Waals surface area contributed by atoms with Gasteiger partial charge in [-0.05, 0) is 14.0 Å². The van der Waals surface area contributed by atoms with Gasteiger partial charge in [0.05, 0.1) is 29.2 Å². The van der Waals surface area contributed by atoms with Gasteiger partial charge >= 0.3 is 0 Å². The van der Waals surface area contributed by atoms with E-state index in [9.17, 15) is 4.79 Å². The first-order valence-electron chi connectivity index (χ1n) is 6.40. The van der Waals surface area contributed by atoms with Gasteiger partial charge in [-0.25, -0.2) is 9.50 Å². The molecule has 3 heterocycles. The van der Waals surface area contributed by atoms with E-state index in [-0.39, 0.29) is 11.9 Å². The van der Waals surface area contributed by atoms with E-state index in [0.29, 0.717) is 16.2 Å². The van der Waals surface area contributed by atoms with Crippen LogP contribution in [0.1, 0.15) is 29.0 Å². The van der Waals surface area contributed by atoms with Gasteiger partial charge in [-0.3, -0.25) is 15.1 Å². The highest BCUT2D eigenvalue weighted by molar-refractivity contribution is 7.14. The molecule has 108 valence electrons. The molecule has 3 aromatic heterocycles. The lowest BCUT2D eigenvalue weighted by atomic mass is 10.3. The summed E-state index contributed by atoms with van der Waals surface area (Å²) in [6.07, 6.45) is 6.45. The first kappa shape index (κ1) is 13.7. The number of hydrogen-bond donors (Lipinski definition) is 2. The van der Waals surface area contributed by atoms with Gasteiger partial charge in [-0.2, -0.15) is 5.10 Å². The molecule has 1 atom stereocenters. The summed E-state index contributed by atoms with van der Waals surface area (Å²) < 4.78 is 1.61. The second kappa shape index (κ2) is 5.58. The predicted octanol–water partition coefficient (Wildman–Crippen LogP) is 1.72. The quantitative estimate of drug-likeness (QED) is 0.766. The van der Waals surface area contributed by atoms with Gasteiger partial charge in [0, 0.05) is 23.8 Å².